The number of carbonyl (C=O) groups excluding carboxylic acids is 2. The summed E-state index contributed by atoms with van der Waals surface area (Å²) in [5.74, 6) is 0.368. The standard InChI is InChI=1S/C25H25N3O3S/c1-16(22-14-26-23-8-4-3-7-21(22)23)27-13-5-6-19(27)15-31-20-11-9-18(10-12-20)28-24(29)17(2)32-25(28)30/h3-4,7-12,14,16,19,26H,2,5-6,13,15H2,1H3/t16?,19-/m0/s1. The lowest BCUT2D eigenvalue weighted by Crippen LogP contribution is -2.36. The van der Waals surface area contributed by atoms with E-state index in [4.69, 9.17) is 4.74 Å². The number of likely N-dealkylation sites (tertiary alicyclic amines) is 1. The van der Waals surface area contributed by atoms with Crippen LogP contribution in [0.3, 0.4) is 0 Å². The number of fused-ring (bicyclic) bond motifs is 1. The maximum absolute atomic E-state index is 12.1. The van der Waals surface area contributed by atoms with Gasteiger partial charge >= 0.3 is 0 Å². The van der Waals surface area contributed by atoms with Crippen LogP contribution in [0.1, 0.15) is 31.4 Å². The Labute approximate surface area is 191 Å². The maximum Gasteiger partial charge on any atom is 0.298 e. The fraction of sp³-hybridized carbons (Fsp3) is 0.280. The molecule has 2 aliphatic rings. The van der Waals surface area contributed by atoms with Gasteiger partial charge in [-0.1, -0.05) is 24.8 Å². The third kappa shape index (κ3) is 3.72. The van der Waals surface area contributed by atoms with E-state index >= 15 is 0 Å². The van der Waals surface area contributed by atoms with Gasteiger partial charge in [0, 0.05) is 29.2 Å². The van der Waals surface area contributed by atoms with Crippen LogP contribution in [0, 0.1) is 0 Å². The monoisotopic (exact) mass is 447 g/mol. The van der Waals surface area contributed by atoms with E-state index < -0.39 is 0 Å². The molecular formula is C25H25N3O3S. The molecule has 2 aliphatic heterocycles. The normalized spacial score (nSPS) is 20.5. The Balaban J connectivity index is 1.25. The Morgan fingerprint density at radius 1 is 1.19 bits per heavy atom. The van der Waals surface area contributed by atoms with Crippen LogP contribution in [0.4, 0.5) is 10.5 Å². The van der Waals surface area contributed by atoms with Crippen molar-refractivity contribution in [3.63, 3.8) is 0 Å². The zero-order valence-electron chi connectivity index (χ0n) is 17.9. The Morgan fingerprint density at radius 3 is 2.72 bits per heavy atom. The highest BCUT2D eigenvalue weighted by Crippen LogP contribution is 2.35. The number of hydrogen-bond acceptors (Lipinski definition) is 5. The minimum absolute atomic E-state index is 0.251. The Kier molecular flexibility index (Phi) is 5.53. The molecule has 0 spiro atoms. The predicted molar refractivity (Wildman–Crippen MR) is 128 cm³/mol. The summed E-state index contributed by atoms with van der Waals surface area (Å²) < 4.78 is 6.11. The number of H-pyrrole nitrogens is 1. The van der Waals surface area contributed by atoms with Crippen LogP contribution < -0.4 is 9.64 Å². The first-order valence-electron chi connectivity index (χ1n) is 10.8. The van der Waals surface area contributed by atoms with Crippen LogP contribution in [0.25, 0.3) is 10.9 Å². The smallest absolute Gasteiger partial charge is 0.298 e. The van der Waals surface area contributed by atoms with Crippen molar-refractivity contribution < 1.29 is 14.3 Å². The number of imide groups is 1. The SMILES string of the molecule is C=C1SC(=O)N(c2ccc(OC[C@@H]3CCCN3C(C)c3c[nH]c4ccccc34)cc2)C1=O. The van der Waals surface area contributed by atoms with Crippen LogP contribution in [0.2, 0.25) is 0 Å². The molecule has 1 N–H and O–H groups in total. The quantitative estimate of drug-likeness (QED) is 0.507. The minimum atomic E-state index is -0.360. The third-order valence-electron chi connectivity index (χ3n) is 6.36. The molecule has 1 aromatic heterocycles. The number of aromatic nitrogens is 1. The van der Waals surface area contributed by atoms with Crippen molar-refractivity contribution in [2.24, 2.45) is 0 Å². The number of para-hydroxylation sites is 1. The number of carbonyl (C=O) groups is 2. The topological polar surface area (TPSA) is 65.6 Å². The van der Waals surface area contributed by atoms with E-state index in [-0.39, 0.29) is 16.1 Å². The molecule has 2 fully saturated rings. The zero-order valence-corrected chi connectivity index (χ0v) is 18.7. The molecule has 7 heteroatoms. The van der Waals surface area contributed by atoms with Gasteiger partial charge in [0.15, 0.2) is 0 Å². The van der Waals surface area contributed by atoms with Crippen LogP contribution >= 0.6 is 11.8 Å². The van der Waals surface area contributed by atoms with Gasteiger partial charge in [0.1, 0.15) is 12.4 Å². The molecule has 3 aromatic rings. The van der Waals surface area contributed by atoms with Gasteiger partial charge in [-0.2, -0.15) is 0 Å². The fourth-order valence-corrected chi connectivity index (χ4v) is 5.34. The Hall–Kier alpha value is -3.03. The van der Waals surface area contributed by atoms with Gasteiger partial charge < -0.3 is 9.72 Å². The minimum Gasteiger partial charge on any atom is -0.492 e. The first-order valence-corrected chi connectivity index (χ1v) is 11.6. The summed E-state index contributed by atoms with van der Waals surface area (Å²) in [6.07, 6.45) is 4.37. The van der Waals surface area contributed by atoms with Crippen LogP contribution in [0.5, 0.6) is 5.75 Å². The number of aromatic amines is 1. The van der Waals surface area contributed by atoms with Crippen LogP contribution in [-0.2, 0) is 4.79 Å². The van der Waals surface area contributed by atoms with E-state index in [1.54, 1.807) is 12.1 Å². The number of ether oxygens (including phenoxy) is 1. The molecule has 3 heterocycles. The maximum atomic E-state index is 12.1. The van der Waals surface area contributed by atoms with E-state index in [1.165, 1.54) is 16.5 Å². The van der Waals surface area contributed by atoms with E-state index in [0.717, 1.165) is 41.8 Å². The van der Waals surface area contributed by atoms with Crippen molar-refractivity contribution in [1.29, 1.82) is 0 Å². The fourth-order valence-electron chi connectivity index (χ4n) is 4.67. The molecule has 0 aliphatic carbocycles. The zero-order chi connectivity index (χ0) is 22.2. The lowest BCUT2D eigenvalue weighted by atomic mass is 10.0. The molecule has 6 nitrogen and oxygen atoms in total. The largest absolute Gasteiger partial charge is 0.492 e. The van der Waals surface area contributed by atoms with E-state index in [2.05, 4.69) is 53.8 Å². The first-order chi connectivity index (χ1) is 15.5. The van der Waals surface area contributed by atoms with Gasteiger partial charge in [-0.25, -0.2) is 4.90 Å². The molecule has 164 valence electrons. The molecule has 1 unspecified atom stereocenters. The number of nitrogens with zero attached hydrogens (tertiary/aromatic N) is 2. The molecule has 2 aromatic carbocycles. The second-order valence-electron chi connectivity index (χ2n) is 8.24. The summed E-state index contributed by atoms with van der Waals surface area (Å²) in [5, 5.41) is 0.954. The molecule has 0 radical (unpaired) electrons. The Bertz CT molecular complexity index is 1190. The molecule has 0 bridgehead atoms. The van der Waals surface area contributed by atoms with Gasteiger partial charge in [0.05, 0.1) is 10.6 Å². The average Bonchev–Trinajstić information content (AvgIpc) is 3.50. The van der Waals surface area contributed by atoms with E-state index in [0.29, 0.717) is 24.4 Å². The van der Waals surface area contributed by atoms with Gasteiger partial charge in [-0.15, -0.1) is 0 Å². The number of benzene rings is 2. The predicted octanol–water partition coefficient (Wildman–Crippen LogP) is 5.49. The molecule has 5 rings (SSSR count). The van der Waals surface area contributed by atoms with Crippen molar-refractivity contribution in [2.75, 3.05) is 18.1 Å². The number of thioether (sulfide) groups is 1. The van der Waals surface area contributed by atoms with Crippen molar-refractivity contribution in [3.8, 4) is 5.75 Å². The van der Waals surface area contributed by atoms with Gasteiger partial charge in [0.2, 0.25) is 0 Å². The van der Waals surface area contributed by atoms with Crippen molar-refractivity contribution in [3.05, 3.63) is 71.8 Å². The third-order valence-corrected chi connectivity index (χ3v) is 7.14. The van der Waals surface area contributed by atoms with Crippen molar-refractivity contribution >= 4 is 39.5 Å². The van der Waals surface area contributed by atoms with E-state index in [9.17, 15) is 9.59 Å². The van der Waals surface area contributed by atoms with Gasteiger partial charge in [-0.05, 0) is 74.0 Å². The molecule has 2 amide bonds. The summed E-state index contributed by atoms with van der Waals surface area (Å²) in [6, 6.07) is 16.1. The Morgan fingerprint density at radius 2 is 1.97 bits per heavy atom. The molecule has 2 saturated heterocycles. The number of hydrogen-bond donors (Lipinski definition) is 1. The van der Waals surface area contributed by atoms with Crippen LogP contribution in [0.15, 0.2) is 66.2 Å². The molecule has 32 heavy (non-hydrogen) atoms. The lowest BCUT2D eigenvalue weighted by Gasteiger charge is -2.30. The summed E-state index contributed by atoms with van der Waals surface area (Å²) >= 11 is 0.869. The second-order valence-corrected chi connectivity index (χ2v) is 9.28. The van der Waals surface area contributed by atoms with Gasteiger partial charge in [-0.3, -0.25) is 14.5 Å². The second kappa shape index (κ2) is 8.48. The molecule has 0 saturated carbocycles. The number of anilines is 1. The van der Waals surface area contributed by atoms with Crippen molar-refractivity contribution in [2.45, 2.75) is 31.8 Å². The molecular weight excluding hydrogens is 422 g/mol. The van der Waals surface area contributed by atoms with Gasteiger partial charge in [0.25, 0.3) is 11.1 Å². The van der Waals surface area contributed by atoms with Crippen LogP contribution in [-0.4, -0.2) is 40.2 Å². The highest BCUT2D eigenvalue weighted by Gasteiger charge is 2.35. The first kappa shape index (κ1) is 20.8. The number of rotatable bonds is 6. The summed E-state index contributed by atoms with van der Waals surface area (Å²) in [6.45, 7) is 7.54. The number of amides is 2. The van der Waals surface area contributed by atoms with E-state index in [1.807, 2.05) is 12.1 Å². The number of nitrogens with one attached hydrogen (secondary N) is 1. The summed E-state index contributed by atoms with van der Waals surface area (Å²) in [4.78, 5) is 31.5. The highest BCUT2D eigenvalue weighted by atomic mass is 32.2. The van der Waals surface area contributed by atoms with Crippen molar-refractivity contribution in [1.82, 2.24) is 9.88 Å². The lowest BCUT2D eigenvalue weighted by molar-refractivity contribution is -0.113. The highest BCUT2D eigenvalue weighted by molar-refractivity contribution is 8.18. The summed E-state index contributed by atoms with van der Waals surface area (Å²) in [5.41, 5.74) is 3.02. The summed E-state index contributed by atoms with van der Waals surface area (Å²) in [7, 11) is 0. The average molecular weight is 448 g/mol. The molecule has 2 atom stereocenters.